The quantitative estimate of drug-likeness (QED) is 0.644. The molecule has 4 rings (SSSR count). The molecule has 2 heterocycles. The van der Waals surface area contributed by atoms with Crippen molar-refractivity contribution in [2.75, 3.05) is 18.4 Å². The number of para-hydroxylation sites is 2. The Morgan fingerprint density at radius 1 is 1.19 bits per heavy atom. The Morgan fingerprint density at radius 2 is 2.04 bits per heavy atom. The lowest BCUT2D eigenvalue weighted by Gasteiger charge is -2.34. The average molecular weight is 365 g/mol. The van der Waals surface area contributed by atoms with Crippen LogP contribution in [0.3, 0.4) is 0 Å². The fourth-order valence-corrected chi connectivity index (χ4v) is 3.91. The van der Waals surface area contributed by atoms with Crippen LogP contribution in [-0.4, -0.2) is 33.1 Å². The largest absolute Gasteiger partial charge is 0.348 e. The monoisotopic (exact) mass is 364 g/mol. The number of aromatic amines is 1. The van der Waals surface area contributed by atoms with Gasteiger partial charge >= 0.3 is 0 Å². The van der Waals surface area contributed by atoms with Gasteiger partial charge in [0.1, 0.15) is 5.82 Å². The number of likely N-dealkylation sites (tertiary alicyclic amines) is 1. The van der Waals surface area contributed by atoms with Gasteiger partial charge in [0.05, 0.1) is 11.0 Å². The van der Waals surface area contributed by atoms with Crippen molar-refractivity contribution >= 4 is 34.1 Å². The number of nitrogens with one attached hydrogen (secondary N) is 2. The van der Waals surface area contributed by atoms with Gasteiger partial charge in [0.25, 0.3) is 0 Å². The third-order valence-electron chi connectivity index (χ3n) is 5.35. The molecule has 0 radical (unpaired) electrons. The van der Waals surface area contributed by atoms with E-state index in [2.05, 4.69) is 59.4 Å². The van der Waals surface area contributed by atoms with Crippen molar-refractivity contribution in [2.45, 2.75) is 32.6 Å². The Hall–Kier alpha value is -2.40. The minimum absolute atomic E-state index is 0.384. The molecule has 1 aliphatic heterocycles. The van der Waals surface area contributed by atoms with Crippen molar-refractivity contribution in [2.24, 2.45) is 0 Å². The third kappa shape index (κ3) is 3.31. The van der Waals surface area contributed by atoms with Gasteiger partial charge in [-0.25, -0.2) is 4.98 Å². The number of aromatic nitrogens is 2. The molecule has 5 heteroatoms. The average Bonchev–Trinajstić information content (AvgIpc) is 3.10. The highest BCUT2D eigenvalue weighted by atomic mass is 32.1. The number of thiocarbonyl (C=S) groups is 1. The summed E-state index contributed by atoms with van der Waals surface area (Å²) in [6, 6.07) is 14.5. The molecule has 0 saturated carbocycles. The van der Waals surface area contributed by atoms with Crippen LogP contribution in [-0.2, 0) is 0 Å². The number of H-pyrrole nitrogens is 1. The van der Waals surface area contributed by atoms with Gasteiger partial charge in [-0.05, 0) is 68.2 Å². The van der Waals surface area contributed by atoms with E-state index in [1.165, 1.54) is 11.1 Å². The molecule has 26 heavy (non-hydrogen) atoms. The van der Waals surface area contributed by atoms with Gasteiger partial charge in [0.2, 0.25) is 0 Å². The van der Waals surface area contributed by atoms with Crippen LogP contribution in [0.2, 0.25) is 0 Å². The number of aryl methyl sites for hydroxylation is 1. The van der Waals surface area contributed by atoms with Crippen LogP contribution in [0, 0.1) is 13.8 Å². The number of fused-ring (bicyclic) bond motifs is 1. The summed E-state index contributed by atoms with van der Waals surface area (Å²) in [5.74, 6) is 1.46. The van der Waals surface area contributed by atoms with E-state index in [1.807, 2.05) is 12.1 Å². The fourth-order valence-electron chi connectivity index (χ4n) is 3.63. The van der Waals surface area contributed by atoms with Crippen LogP contribution < -0.4 is 5.32 Å². The SMILES string of the molecule is Cc1cccc(NC(=S)N2CCC[C@@H](c3nc4ccccc4[nH]3)C2)c1C. The zero-order valence-electron chi connectivity index (χ0n) is 15.2. The first-order valence-electron chi connectivity index (χ1n) is 9.18. The molecule has 1 aliphatic rings. The molecule has 0 bridgehead atoms. The summed E-state index contributed by atoms with van der Waals surface area (Å²) in [5, 5.41) is 4.25. The van der Waals surface area contributed by atoms with Gasteiger partial charge in [0.15, 0.2) is 5.11 Å². The lowest BCUT2D eigenvalue weighted by molar-refractivity contribution is 0.307. The van der Waals surface area contributed by atoms with Crippen LogP contribution in [0.1, 0.15) is 35.7 Å². The minimum atomic E-state index is 0.384. The Kier molecular flexibility index (Phi) is 4.64. The molecule has 3 aromatic rings. The van der Waals surface area contributed by atoms with Crippen molar-refractivity contribution in [3.05, 3.63) is 59.4 Å². The smallest absolute Gasteiger partial charge is 0.173 e. The molecule has 2 N–H and O–H groups in total. The van der Waals surface area contributed by atoms with Gasteiger partial charge in [0, 0.05) is 24.7 Å². The maximum absolute atomic E-state index is 5.71. The van der Waals surface area contributed by atoms with Crippen LogP contribution in [0.25, 0.3) is 11.0 Å². The van der Waals surface area contributed by atoms with E-state index >= 15 is 0 Å². The number of hydrogen-bond acceptors (Lipinski definition) is 2. The molecule has 1 fully saturated rings. The second-order valence-corrected chi connectivity index (χ2v) is 7.49. The van der Waals surface area contributed by atoms with Crippen molar-refractivity contribution in [3.8, 4) is 0 Å². The predicted octanol–water partition coefficient (Wildman–Crippen LogP) is 4.76. The number of rotatable bonds is 2. The molecule has 0 unspecified atom stereocenters. The fraction of sp³-hybridized carbons (Fsp3) is 0.333. The van der Waals surface area contributed by atoms with Crippen LogP contribution >= 0.6 is 12.2 Å². The third-order valence-corrected chi connectivity index (χ3v) is 5.71. The first kappa shape index (κ1) is 17.0. The van der Waals surface area contributed by atoms with Crippen LogP contribution in [0.15, 0.2) is 42.5 Å². The topological polar surface area (TPSA) is 44.0 Å². The molecule has 1 atom stereocenters. The number of anilines is 1. The van der Waals surface area contributed by atoms with E-state index in [1.54, 1.807) is 0 Å². The lowest BCUT2D eigenvalue weighted by atomic mass is 9.98. The molecule has 0 spiro atoms. The highest BCUT2D eigenvalue weighted by Crippen LogP contribution is 2.27. The highest BCUT2D eigenvalue weighted by molar-refractivity contribution is 7.80. The van der Waals surface area contributed by atoms with Crippen molar-refractivity contribution < 1.29 is 0 Å². The molecule has 0 aliphatic carbocycles. The molecular weight excluding hydrogens is 340 g/mol. The molecule has 4 nitrogen and oxygen atoms in total. The Morgan fingerprint density at radius 3 is 2.88 bits per heavy atom. The van der Waals surface area contributed by atoms with E-state index < -0.39 is 0 Å². The summed E-state index contributed by atoms with van der Waals surface area (Å²) in [7, 11) is 0. The maximum Gasteiger partial charge on any atom is 0.173 e. The lowest BCUT2D eigenvalue weighted by Crippen LogP contribution is -2.41. The zero-order valence-corrected chi connectivity index (χ0v) is 16.1. The molecular formula is C21H24N4S. The highest BCUT2D eigenvalue weighted by Gasteiger charge is 2.25. The van der Waals surface area contributed by atoms with Gasteiger partial charge < -0.3 is 15.2 Å². The zero-order chi connectivity index (χ0) is 18.1. The predicted molar refractivity (Wildman–Crippen MR) is 112 cm³/mol. The number of imidazole rings is 1. The number of nitrogens with zero attached hydrogens (tertiary/aromatic N) is 2. The number of piperidine rings is 1. The van der Waals surface area contributed by atoms with Gasteiger partial charge in [-0.15, -0.1) is 0 Å². The Bertz CT molecular complexity index is 913. The number of hydrogen-bond donors (Lipinski definition) is 2. The van der Waals surface area contributed by atoms with E-state index in [0.717, 1.165) is 53.6 Å². The van der Waals surface area contributed by atoms with Crippen LogP contribution in [0.5, 0.6) is 0 Å². The van der Waals surface area contributed by atoms with Crippen molar-refractivity contribution in [1.29, 1.82) is 0 Å². The normalized spacial score (nSPS) is 17.5. The van der Waals surface area contributed by atoms with Gasteiger partial charge in [-0.2, -0.15) is 0 Å². The van der Waals surface area contributed by atoms with E-state index in [4.69, 9.17) is 17.2 Å². The summed E-state index contributed by atoms with van der Waals surface area (Å²) in [6.07, 6.45) is 2.26. The summed E-state index contributed by atoms with van der Waals surface area (Å²) < 4.78 is 0. The van der Waals surface area contributed by atoms with E-state index in [9.17, 15) is 0 Å². The molecule has 1 aromatic heterocycles. The molecule has 1 saturated heterocycles. The summed E-state index contributed by atoms with van der Waals surface area (Å²) in [4.78, 5) is 10.6. The molecule has 2 aromatic carbocycles. The van der Waals surface area contributed by atoms with Crippen molar-refractivity contribution in [3.63, 3.8) is 0 Å². The molecule has 0 amide bonds. The summed E-state index contributed by atoms with van der Waals surface area (Å²) in [6.45, 7) is 6.15. The number of benzene rings is 2. The Labute approximate surface area is 159 Å². The second-order valence-electron chi connectivity index (χ2n) is 7.10. The Balaban J connectivity index is 1.49. The van der Waals surface area contributed by atoms with Gasteiger partial charge in [-0.3, -0.25) is 0 Å². The first-order chi connectivity index (χ1) is 12.6. The van der Waals surface area contributed by atoms with E-state index in [-0.39, 0.29) is 0 Å². The van der Waals surface area contributed by atoms with Crippen LogP contribution in [0.4, 0.5) is 5.69 Å². The van der Waals surface area contributed by atoms with Crippen molar-refractivity contribution in [1.82, 2.24) is 14.9 Å². The minimum Gasteiger partial charge on any atom is -0.348 e. The maximum atomic E-state index is 5.71. The van der Waals surface area contributed by atoms with E-state index in [0.29, 0.717) is 5.92 Å². The summed E-state index contributed by atoms with van der Waals surface area (Å²) in [5.41, 5.74) is 5.77. The standard InChI is InChI=1S/C21H24N4S/c1-14-7-5-11-17(15(14)2)24-21(26)25-12-6-8-16(13-25)20-22-18-9-3-4-10-19(18)23-20/h3-5,7,9-11,16H,6,8,12-13H2,1-2H3,(H,22,23)(H,24,26)/t16-/m1/s1. The first-order valence-corrected chi connectivity index (χ1v) is 9.59. The summed E-state index contributed by atoms with van der Waals surface area (Å²) >= 11 is 5.71. The molecule has 134 valence electrons. The second kappa shape index (κ2) is 7.08. The van der Waals surface area contributed by atoms with Gasteiger partial charge in [-0.1, -0.05) is 24.3 Å².